The second-order valence-corrected chi connectivity index (χ2v) is 2.12. The molecule has 0 fully saturated rings. The van der Waals surface area contributed by atoms with E-state index in [0.29, 0.717) is 12.2 Å². The number of ether oxygens (including phenoxy) is 1. The minimum atomic E-state index is 0.653. The Morgan fingerprint density at radius 1 is 1.20 bits per heavy atom. The fourth-order valence-electron chi connectivity index (χ4n) is 0.809. The Balaban J connectivity index is 0. The van der Waals surface area contributed by atoms with Gasteiger partial charge in [-0.3, -0.25) is 4.79 Å². The molecule has 0 aliphatic heterocycles. The van der Waals surface area contributed by atoms with Crippen LogP contribution >= 0.6 is 11.6 Å². The summed E-state index contributed by atoms with van der Waals surface area (Å²) in [6.07, 6.45) is 2.29. The molecule has 0 spiro atoms. The van der Waals surface area contributed by atoms with Gasteiger partial charge < -0.3 is 4.74 Å². The van der Waals surface area contributed by atoms with Gasteiger partial charge in [0.05, 0.1) is 6.61 Å². The highest BCUT2D eigenvalue weighted by molar-refractivity contribution is 6.15. The Morgan fingerprint density at radius 2 is 1.67 bits per heavy atom. The maximum absolute atomic E-state index is 10.2. The average Bonchev–Trinajstić information content (AvgIpc) is 2.36. The lowest BCUT2D eigenvalue weighted by Gasteiger charge is -2.00. The number of rotatable bonds is 3. The van der Waals surface area contributed by atoms with Gasteiger partial charge >= 0.3 is 0 Å². The summed E-state index contributed by atoms with van der Waals surface area (Å²) in [6.45, 7) is 6.58. The van der Waals surface area contributed by atoms with Crippen molar-refractivity contribution in [2.24, 2.45) is 0 Å². The van der Waals surface area contributed by atoms with Crippen molar-refractivity contribution >= 4 is 17.9 Å². The van der Waals surface area contributed by atoms with Crippen molar-refractivity contribution in [3.8, 4) is 5.75 Å². The number of alkyl halides is 1. The molecule has 0 atom stereocenters. The molecule has 0 saturated carbocycles. The second kappa shape index (κ2) is 13.0. The molecule has 1 aromatic carbocycles. The van der Waals surface area contributed by atoms with Gasteiger partial charge in [0.1, 0.15) is 12.0 Å². The van der Waals surface area contributed by atoms with Crippen molar-refractivity contribution < 1.29 is 9.53 Å². The Kier molecular flexibility index (Phi) is 14.2. The van der Waals surface area contributed by atoms with Gasteiger partial charge in [0.25, 0.3) is 0 Å². The van der Waals surface area contributed by atoms with Crippen molar-refractivity contribution in [3.05, 3.63) is 29.8 Å². The van der Waals surface area contributed by atoms with Crippen LogP contribution in [0.15, 0.2) is 24.3 Å². The minimum Gasteiger partial charge on any atom is -0.494 e. The average molecular weight is 231 g/mol. The third-order valence-corrected chi connectivity index (χ3v) is 1.33. The molecule has 0 saturated heterocycles. The Morgan fingerprint density at radius 3 is 2.00 bits per heavy atom. The summed E-state index contributed by atoms with van der Waals surface area (Å²) in [5.74, 6) is 0.804. The summed E-state index contributed by atoms with van der Waals surface area (Å²) >= 11 is 4.64. The molecule has 0 heterocycles. The maximum atomic E-state index is 10.2. The molecule has 2 nitrogen and oxygen atoms in total. The van der Waals surface area contributed by atoms with E-state index in [1.54, 1.807) is 24.3 Å². The summed E-state index contributed by atoms with van der Waals surface area (Å²) in [4.78, 5) is 10.2. The summed E-state index contributed by atoms with van der Waals surface area (Å²) in [5.41, 5.74) is 0.674. The molecule has 0 bridgehead atoms. The quantitative estimate of drug-likeness (QED) is 0.584. The first-order valence-electron chi connectivity index (χ1n) is 4.92. The van der Waals surface area contributed by atoms with Crippen LogP contribution in [-0.4, -0.2) is 19.3 Å². The van der Waals surface area contributed by atoms with Gasteiger partial charge in [-0.05, 0) is 31.2 Å². The fraction of sp³-hybridized carbons (Fsp3) is 0.417. The molecule has 1 rings (SSSR count). The first-order chi connectivity index (χ1) is 7.36. The van der Waals surface area contributed by atoms with Crippen molar-refractivity contribution in [1.29, 1.82) is 0 Å². The third kappa shape index (κ3) is 8.01. The van der Waals surface area contributed by atoms with E-state index in [9.17, 15) is 4.79 Å². The van der Waals surface area contributed by atoms with Crippen LogP contribution in [0.4, 0.5) is 0 Å². The number of hydrogen-bond acceptors (Lipinski definition) is 2. The molecule has 3 heteroatoms. The van der Waals surface area contributed by atoms with Crippen LogP contribution in [0.25, 0.3) is 0 Å². The van der Waals surface area contributed by atoms with Gasteiger partial charge in [-0.25, -0.2) is 0 Å². The first-order valence-corrected chi connectivity index (χ1v) is 5.68. The molecule has 0 radical (unpaired) electrons. The molecule has 0 amide bonds. The number of aldehydes is 1. The monoisotopic (exact) mass is 230 g/mol. The summed E-state index contributed by atoms with van der Waals surface area (Å²) in [5, 5.41) is 0. The van der Waals surface area contributed by atoms with E-state index < -0.39 is 0 Å². The van der Waals surface area contributed by atoms with E-state index in [1.165, 1.54) is 6.38 Å². The topological polar surface area (TPSA) is 26.3 Å². The molecular weight excluding hydrogens is 212 g/mol. The Bertz CT molecular complexity index is 232. The zero-order valence-electron chi connectivity index (χ0n) is 9.79. The van der Waals surface area contributed by atoms with Gasteiger partial charge in [0.15, 0.2) is 0 Å². The Labute approximate surface area is 97.2 Å². The van der Waals surface area contributed by atoms with Crippen LogP contribution in [0.5, 0.6) is 5.75 Å². The number of halogens is 1. The molecular formula is C12H19ClO2. The lowest BCUT2D eigenvalue weighted by molar-refractivity contribution is 0.112. The van der Waals surface area contributed by atoms with E-state index in [-0.39, 0.29) is 0 Å². The molecule has 15 heavy (non-hydrogen) atoms. The standard InChI is InChI=1S/C9H10O2.C2H6.CH3Cl/c1-2-11-9-5-3-8(7-10)4-6-9;2*1-2/h3-7H,2H2,1H3;1-2H3;1H3. The summed E-state index contributed by atoms with van der Waals surface area (Å²) in [7, 11) is 0. The van der Waals surface area contributed by atoms with Gasteiger partial charge in [-0.1, -0.05) is 13.8 Å². The number of carbonyl (C=O) groups is 1. The predicted molar refractivity (Wildman–Crippen MR) is 66.1 cm³/mol. The first kappa shape index (κ1) is 16.4. The number of benzene rings is 1. The van der Waals surface area contributed by atoms with E-state index in [1.807, 2.05) is 20.8 Å². The zero-order chi connectivity index (χ0) is 12.1. The van der Waals surface area contributed by atoms with Crippen LogP contribution in [-0.2, 0) is 0 Å². The molecule has 0 aromatic heterocycles. The molecule has 86 valence electrons. The highest BCUT2D eigenvalue weighted by atomic mass is 35.5. The van der Waals surface area contributed by atoms with E-state index in [4.69, 9.17) is 4.74 Å². The molecule has 0 N–H and O–H groups in total. The van der Waals surface area contributed by atoms with Gasteiger partial charge in [-0.15, -0.1) is 11.6 Å². The van der Waals surface area contributed by atoms with Gasteiger partial charge in [0, 0.05) is 11.9 Å². The van der Waals surface area contributed by atoms with Crippen LogP contribution in [0.2, 0.25) is 0 Å². The fourth-order valence-corrected chi connectivity index (χ4v) is 0.809. The van der Waals surface area contributed by atoms with Crippen LogP contribution in [0.3, 0.4) is 0 Å². The van der Waals surface area contributed by atoms with Crippen molar-refractivity contribution in [1.82, 2.24) is 0 Å². The molecule has 0 unspecified atom stereocenters. The largest absolute Gasteiger partial charge is 0.494 e. The zero-order valence-corrected chi connectivity index (χ0v) is 10.5. The van der Waals surface area contributed by atoms with Crippen molar-refractivity contribution in [2.75, 3.05) is 13.0 Å². The molecule has 0 aliphatic carbocycles. The number of hydrogen-bond donors (Lipinski definition) is 0. The van der Waals surface area contributed by atoms with E-state index >= 15 is 0 Å². The summed E-state index contributed by atoms with van der Waals surface area (Å²) in [6, 6.07) is 7.04. The highest BCUT2D eigenvalue weighted by Crippen LogP contribution is 2.10. The van der Waals surface area contributed by atoms with Gasteiger partial charge in [-0.2, -0.15) is 0 Å². The van der Waals surface area contributed by atoms with Crippen molar-refractivity contribution in [2.45, 2.75) is 20.8 Å². The lowest BCUT2D eigenvalue weighted by atomic mass is 10.2. The highest BCUT2D eigenvalue weighted by Gasteiger charge is 1.91. The SMILES string of the molecule is CC.CCOc1ccc(C=O)cc1.CCl. The maximum Gasteiger partial charge on any atom is 0.150 e. The minimum absolute atomic E-state index is 0.653. The van der Waals surface area contributed by atoms with Gasteiger partial charge in [0.2, 0.25) is 0 Å². The molecule has 1 aromatic rings. The smallest absolute Gasteiger partial charge is 0.150 e. The van der Waals surface area contributed by atoms with Crippen LogP contribution in [0.1, 0.15) is 31.1 Å². The molecule has 0 aliphatic rings. The predicted octanol–water partition coefficient (Wildman–Crippen LogP) is 3.78. The normalized spacial score (nSPS) is 7.53. The van der Waals surface area contributed by atoms with Crippen LogP contribution < -0.4 is 4.74 Å². The van der Waals surface area contributed by atoms with Crippen LogP contribution in [0, 0.1) is 0 Å². The van der Waals surface area contributed by atoms with Crippen molar-refractivity contribution in [3.63, 3.8) is 0 Å². The number of carbonyl (C=O) groups excluding carboxylic acids is 1. The Hall–Kier alpha value is -1.02. The summed E-state index contributed by atoms with van der Waals surface area (Å²) < 4.78 is 5.19. The third-order valence-electron chi connectivity index (χ3n) is 1.33. The lowest BCUT2D eigenvalue weighted by Crippen LogP contribution is -1.90. The van der Waals surface area contributed by atoms with E-state index in [0.717, 1.165) is 12.0 Å². The second-order valence-electron chi connectivity index (χ2n) is 2.12. The van der Waals surface area contributed by atoms with E-state index in [2.05, 4.69) is 11.6 Å².